The van der Waals surface area contributed by atoms with E-state index in [9.17, 15) is 9.59 Å². The number of aliphatic carboxylic acids is 1. The van der Waals surface area contributed by atoms with Gasteiger partial charge in [-0.15, -0.1) is 5.10 Å². The molecule has 2 N–H and O–H groups in total. The molecule has 0 atom stereocenters. The third-order valence-electron chi connectivity index (χ3n) is 2.67. The van der Waals surface area contributed by atoms with Crippen LogP contribution in [0.3, 0.4) is 0 Å². The molecular weight excluding hydrogens is 302 g/mol. The number of rotatable bonds is 7. The average Bonchev–Trinajstić information content (AvgIpc) is 2.91. The van der Waals surface area contributed by atoms with Gasteiger partial charge in [-0.1, -0.05) is 5.21 Å². The van der Waals surface area contributed by atoms with Crippen LogP contribution in [0.2, 0.25) is 0 Å². The Morgan fingerprint density at radius 3 is 2.78 bits per heavy atom. The highest BCUT2D eigenvalue weighted by molar-refractivity contribution is 5.93. The van der Waals surface area contributed by atoms with Gasteiger partial charge in [0.15, 0.2) is 0 Å². The molecule has 0 spiro atoms. The largest absolute Gasteiger partial charge is 0.480 e. The lowest BCUT2D eigenvalue weighted by Crippen LogP contribution is -2.23. The normalized spacial score (nSPS) is 10.6. The molecule has 0 saturated heterocycles. The lowest BCUT2D eigenvalue weighted by atomic mass is 10.2. The quantitative estimate of drug-likeness (QED) is 0.761. The number of ether oxygens (including phenoxy) is 1. The summed E-state index contributed by atoms with van der Waals surface area (Å²) in [7, 11) is 0. The van der Waals surface area contributed by atoms with E-state index in [0.29, 0.717) is 17.1 Å². The molecule has 9 nitrogen and oxygen atoms in total. The summed E-state index contributed by atoms with van der Waals surface area (Å²) in [6.45, 7) is 3.64. The maximum Gasteiger partial charge on any atom is 0.325 e. The molecule has 2 aromatic rings. The SMILES string of the molecule is CC(C)Oc1ccc(C(=O)NCc2cn(CC(=O)O)nn2)cn1. The van der Waals surface area contributed by atoms with E-state index in [0.717, 1.165) is 0 Å². The van der Waals surface area contributed by atoms with E-state index in [1.54, 1.807) is 12.1 Å². The summed E-state index contributed by atoms with van der Waals surface area (Å²) in [5.41, 5.74) is 0.853. The second-order valence-electron chi connectivity index (χ2n) is 5.04. The average molecular weight is 319 g/mol. The van der Waals surface area contributed by atoms with Gasteiger partial charge in [-0.2, -0.15) is 0 Å². The number of aromatic nitrogens is 4. The number of hydrogen-bond acceptors (Lipinski definition) is 6. The van der Waals surface area contributed by atoms with Gasteiger partial charge in [-0.3, -0.25) is 9.59 Å². The number of pyridine rings is 1. The number of nitrogens with zero attached hydrogens (tertiary/aromatic N) is 4. The Morgan fingerprint density at radius 2 is 2.17 bits per heavy atom. The van der Waals surface area contributed by atoms with Crippen molar-refractivity contribution >= 4 is 11.9 Å². The number of amides is 1. The first kappa shape index (κ1) is 16.4. The maximum atomic E-state index is 12.0. The zero-order chi connectivity index (χ0) is 16.8. The lowest BCUT2D eigenvalue weighted by molar-refractivity contribution is -0.137. The van der Waals surface area contributed by atoms with Crippen molar-refractivity contribution in [3.63, 3.8) is 0 Å². The summed E-state index contributed by atoms with van der Waals surface area (Å²) in [5.74, 6) is -0.880. The summed E-state index contributed by atoms with van der Waals surface area (Å²) < 4.78 is 6.58. The van der Waals surface area contributed by atoms with E-state index in [-0.39, 0.29) is 25.1 Å². The lowest BCUT2D eigenvalue weighted by Gasteiger charge is -2.08. The molecule has 0 aromatic carbocycles. The van der Waals surface area contributed by atoms with Gasteiger partial charge in [0.05, 0.1) is 24.4 Å². The van der Waals surface area contributed by atoms with Crippen LogP contribution in [0.5, 0.6) is 5.88 Å². The molecular formula is C14H17N5O4. The minimum absolute atomic E-state index is 0.00981. The van der Waals surface area contributed by atoms with Crippen LogP contribution < -0.4 is 10.1 Å². The molecule has 0 aliphatic rings. The fourth-order valence-corrected chi connectivity index (χ4v) is 1.73. The van der Waals surface area contributed by atoms with Crippen molar-refractivity contribution in [2.75, 3.05) is 0 Å². The predicted molar refractivity (Wildman–Crippen MR) is 78.8 cm³/mol. The predicted octanol–water partition coefficient (Wildman–Crippen LogP) is 0.475. The number of hydrogen-bond donors (Lipinski definition) is 2. The number of carbonyl (C=O) groups is 2. The monoisotopic (exact) mass is 319 g/mol. The van der Waals surface area contributed by atoms with E-state index in [2.05, 4.69) is 20.6 Å². The zero-order valence-corrected chi connectivity index (χ0v) is 12.8. The number of nitrogens with one attached hydrogen (secondary N) is 1. The highest BCUT2D eigenvalue weighted by atomic mass is 16.5. The summed E-state index contributed by atoms with van der Waals surface area (Å²) in [6.07, 6.45) is 2.90. The fourth-order valence-electron chi connectivity index (χ4n) is 1.73. The summed E-state index contributed by atoms with van der Waals surface area (Å²) >= 11 is 0. The van der Waals surface area contributed by atoms with Gasteiger partial charge in [0.2, 0.25) is 5.88 Å². The maximum absolute atomic E-state index is 12.0. The van der Waals surface area contributed by atoms with Crippen molar-refractivity contribution in [3.8, 4) is 5.88 Å². The molecule has 122 valence electrons. The van der Waals surface area contributed by atoms with Crippen LogP contribution in [-0.4, -0.2) is 43.1 Å². The first-order valence-corrected chi connectivity index (χ1v) is 6.95. The molecule has 0 bridgehead atoms. The van der Waals surface area contributed by atoms with Crippen molar-refractivity contribution in [1.29, 1.82) is 0 Å². The molecule has 23 heavy (non-hydrogen) atoms. The van der Waals surface area contributed by atoms with Crippen LogP contribution >= 0.6 is 0 Å². The Morgan fingerprint density at radius 1 is 1.39 bits per heavy atom. The smallest absolute Gasteiger partial charge is 0.325 e. The van der Waals surface area contributed by atoms with E-state index >= 15 is 0 Å². The Labute approximate surface area is 132 Å². The van der Waals surface area contributed by atoms with Gasteiger partial charge in [0, 0.05) is 12.3 Å². The second-order valence-corrected chi connectivity index (χ2v) is 5.04. The van der Waals surface area contributed by atoms with Crippen molar-refractivity contribution in [3.05, 3.63) is 35.8 Å². The zero-order valence-electron chi connectivity index (χ0n) is 12.8. The Hall–Kier alpha value is -2.97. The fraction of sp³-hybridized carbons (Fsp3) is 0.357. The van der Waals surface area contributed by atoms with Gasteiger partial charge in [-0.05, 0) is 19.9 Å². The standard InChI is InChI=1S/C14H17N5O4/c1-9(2)23-12-4-3-10(5-15-12)14(22)16-6-11-7-19(18-17-11)8-13(20)21/h3-5,7,9H,6,8H2,1-2H3,(H,16,22)(H,20,21). The van der Waals surface area contributed by atoms with Gasteiger partial charge >= 0.3 is 5.97 Å². The summed E-state index contributed by atoms with van der Waals surface area (Å²) in [4.78, 5) is 26.6. The summed E-state index contributed by atoms with van der Waals surface area (Å²) in [6, 6.07) is 3.24. The van der Waals surface area contributed by atoms with Gasteiger partial charge in [-0.25, -0.2) is 9.67 Å². The Bertz CT molecular complexity index is 681. The Kier molecular flexibility index (Phi) is 5.23. The van der Waals surface area contributed by atoms with Crippen molar-refractivity contribution in [2.24, 2.45) is 0 Å². The molecule has 2 heterocycles. The minimum atomic E-state index is -1.01. The number of carbonyl (C=O) groups excluding carboxylic acids is 1. The Balaban J connectivity index is 1.89. The van der Waals surface area contributed by atoms with Crippen molar-refractivity contribution in [1.82, 2.24) is 25.3 Å². The van der Waals surface area contributed by atoms with Crippen LogP contribution in [0, 0.1) is 0 Å². The minimum Gasteiger partial charge on any atom is -0.480 e. The van der Waals surface area contributed by atoms with E-state index in [1.807, 2.05) is 13.8 Å². The molecule has 2 aromatic heterocycles. The number of carboxylic acids is 1. The molecule has 0 aliphatic heterocycles. The van der Waals surface area contributed by atoms with Gasteiger partial charge < -0.3 is 15.2 Å². The first-order chi connectivity index (χ1) is 10.9. The molecule has 0 fully saturated rings. The van der Waals surface area contributed by atoms with Crippen LogP contribution in [0.25, 0.3) is 0 Å². The molecule has 0 radical (unpaired) electrons. The topological polar surface area (TPSA) is 119 Å². The molecule has 0 saturated carbocycles. The van der Waals surface area contributed by atoms with E-state index in [1.165, 1.54) is 17.1 Å². The van der Waals surface area contributed by atoms with Crippen LogP contribution in [-0.2, 0) is 17.9 Å². The van der Waals surface area contributed by atoms with E-state index < -0.39 is 5.97 Å². The highest BCUT2D eigenvalue weighted by Gasteiger charge is 2.09. The third kappa shape index (κ3) is 5.06. The second kappa shape index (κ2) is 7.34. The molecule has 0 unspecified atom stereocenters. The highest BCUT2D eigenvalue weighted by Crippen LogP contribution is 2.09. The first-order valence-electron chi connectivity index (χ1n) is 6.95. The van der Waals surface area contributed by atoms with Crippen LogP contribution in [0.15, 0.2) is 24.5 Å². The summed E-state index contributed by atoms with van der Waals surface area (Å²) in [5, 5.41) is 18.7. The molecule has 9 heteroatoms. The number of carboxylic acid groups (broad SMARTS) is 1. The molecule has 2 rings (SSSR count). The van der Waals surface area contributed by atoms with Crippen LogP contribution in [0.4, 0.5) is 0 Å². The molecule has 0 aliphatic carbocycles. The third-order valence-corrected chi connectivity index (χ3v) is 2.67. The van der Waals surface area contributed by atoms with Crippen molar-refractivity contribution < 1.29 is 19.4 Å². The van der Waals surface area contributed by atoms with Crippen LogP contribution in [0.1, 0.15) is 29.9 Å². The van der Waals surface area contributed by atoms with Gasteiger partial charge in [0.25, 0.3) is 5.91 Å². The van der Waals surface area contributed by atoms with Crippen molar-refractivity contribution in [2.45, 2.75) is 33.0 Å². The molecule has 1 amide bonds. The van der Waals surface area contributed by atoms with Gasteiger partial charge in [0.1, 0.15) is 12.2 Å². The van der Waals surface area contributed by atoms with E-state index in [4.69, 9.17) is 9.84 Å².